The minimum atomic E-state index is -0.0804. The van der Waals surface area contributed by atoms with E-state index >= 15 is 0 Å². The molecule has 0 saturated carbocycles. The molecule has 0 bridgehead atoms. The van der Waals surface area contributed by atoms with E-state index in [-0.39, 0.29) is 5.91 Å². The highest BCUT2D eigenvalue weighted by molar-refractivity contribution is 5.93. The standard InChI is InChI=1S/C23H31N5O3/c1-2-30-15-13-28-21(26-20-4-3-8-24-22(20)28)16-18-5-10-27(11-6-18)12-9-25-23(29)19-7-14-31-17-19/h3-4,7-8,14,17-18H,2,5-6,9-13,15-16H2,1H3,(H,25,29). The van der Waals surface area contributed by atoms with Gasteiger partial charge < -0.3 is 23.9 Å². The van der Waals surface area contributed by atoms with E-state index in [4.69, 9.17) is 14.1 Å². The molecule has 31 heavy (non-hydrogen) atoms. The van der Waals surface area contributed by atoms with Crippen molar-refractivity contribution < 1.29 is 13.9 Å². The third kappa shape index (κ3) is 5.51. The Bertz CT molecular complexity index is 961. The molecule has 8 nitrogen and oxygen atoms in total. The summed E-state index contributed by atoms with van der Waals surface area (Å²) < 4.78 is 12.8. The molecule has 1 N–H and O–H groups in total. The van der Waals surface area contributed by atoms with Crippen LogP contribution in [0.2, 0.25) is 0 Å². The average Bonchev–Trinajstić information content (AvgIpc) is 3.44. The molecule has 3 aromatic heterocycles. The summed E-state index contributed by atoms with van der Waals surface area (Å²) in [6, 6.07) is 5.65. The zero-order valence-corrected chi connectivity index (χ0v) is 18.1. The second-order valence-corrected chi connectivity index (χ2v) is 7.98. The van der Waals surface area contributed by atoms with Gasteiger partial charge in [0.15, 0.2) is 5.65 Å². The molecule has 0 aliphatic carbocycles. The van der Waals surface area contributed by atoms with Crippen LogP contribution in [0, 0.1) is 5.92 Å². The zero-order valence-electron chi connectivity index (χ0n) is 18.1. The van der Waals surface area contributed by atoms with Crippen molar-refractivity contribution >= 4 is 17.1 Å². The zero-order chi connectivity index (χ0) is 21.5. The lowest BCUT2D eigenvalue weighted by atomic mass is 9.93. The molecule has 166 valence electrons. The first kappa shape index (κ1) is 21.5. The first-order valence-corrected chi connectivity index (χ1v) is 11.1. The summed E-state index contributed by atoms with van der Waals surface area (Å²) in [7, 11) is 0. The van der Waals surface area contributed by atoms with Crippen molar-refractivity contribution in [3.05, 3.63) is 48.3 Å². The Labute approximate surface area is 182 Å². The van der Waals surface area contributed by atoms with Crippen molar-refractivity contribution in [2.24, 2.45) is 5.92 Å². The van der Waals surface area contributed by atoms with E-state index < -0.39 is 0 Å². The van der Waals surface area contributed by atoms with Crippen molar-refractivity contribution in [1.82, 2.24) is 24.8 Å². The molecule has 0 radical (unpaired) electrons. The van der Waals surface area contributed by atoms with E-state index in [1.165, 1.54) is 12.5 Å². The predicted molar refractivity (Wildman–Crippen MR) is 118 cm³/mol. The van der Waals surface area contributed by atoms with Gasteiger partial charge >= 0.3 is 0 Å². The van der Waals surface area contributed by atoms with Gasteiger partial charge in [0.05, 0.1) is 18.4 Å². The molecule has 0 atom stereocenters. The quantitative estimate of drug-likeness (QED) is 0.503. The van der Waals surface area contributed by atoms with Gasteiger partial charge in [-0.15, -0.1) is 0 Å². The van der Waals surface area contributed by atoms with Crippen molar-refractivity contribution in [3.8, 4) is 0 Å². The maximum Gasteiger partial charge on any atom is 0.254 e. The van der Waals surface area contributed by atoms with Gasteiger partial charge in [0, 0.05) is 38.9 Å². The van der Waals surface area contributed by atoms with Crippen LogP contribution >= 0.6 is 0 Å². The van der Waals surface area contributed by atoms with Crippen LogP contribution in [0.1, 0.15) is 35.9 Å². The van der Waals surface area contributed by atoms with E-state index in [1.54, 1.807) is 6.07 Å². The van der Waals surface area contributed by atoms with Gasteiger partial charge in [0.25, 0.3) is 5.91 Å². The lowest BCUT2D eigenvalue weighted by Crippen LogP contribution is -2.40. The largest absolute Gasteiger partial charge is 0.472 e. The summed E-state index contributed by atoms with van der Waals surface area (Å²) in [6.45, 7) is 7.80. The predicted octanol–water partition coefficient (Wildman–Crippen LogP) is 2.75. The van der Waals surface area contributed by atoms with Crippen LogP contribution in [0.15, 0.2) is 41.3 Å². The first-order valence-electron chi connectivity index (χ1n) is 11.1. The Balaban J connectivity index is 1.27. The second kappa shape index (κ2) is 10.5. The van der Waals surface area contributed by atoms with Gasteiger partial charge in [-0.25, -0.2) is 9.97 Å². The maximum absolute atomic E-state index is 12.0. The number of aromatic nitrogens is 3. The smallest absolute Gasteiger partial charge is 0.254 e. The van der Waals surface area contributed by atoms with Crippen molar-refractivity contribution in [3.63, 3.8) is 0 Å². The normalized spacial score (nSPS) is 15.5. The molecule has 8 heteroatoms. The highest BCUT2D eigenvalue weighted by atomic mass is 16.5. The number of hydrogen-bond donors (Lipinski definition) is 1. The van der Waals surface area contributed by atoms with Crippen LogP contribution in [-0.2, 0) is 17.7 Å². The van der Waals surface area contributed by atoms with Crippen LogP contribution in [0.5, 0.6) is 0 Å². The lowest BCUT2D eigenvalue weighted by molar-refractivity contribution is 0.0943. The summed E-state index contributed by atoms with van der Waals surface area (Å²) in [5, 5.41) is 2.96. The molecule has 1 amide bonds. The number of nitrogens with one attached hydrogen (secondary N) is 1. The van der Waals surface area contributed by atoms with Crippen LogP contribution in [0.4, 0.5) is 0 Å². The second-order valence-electron chi connectivity index (χ2n) is 7.98. The molecule has 0 aromatic carbocycles. The SMILES string of the molecule is CCOCCn1c(CC2CCN(CCNC(=O)c3ccoc3)CC2)nc2cccnc21. The average molecular weight is 426 g/mol. The van der Waals surface area contributed by atoms with Crippen LogP contribution in [0.25, 0.3) is 11.2 Å². The number of amides is 1. The minimum absolute atomic E-state index is 0.0804. The van der Waals surface area contributed by atoms with Gasteiger partial charge in [0.2, 0.25) is 0 Å². The van der Waals surface area contributed by atoms with Gasteiger partial charge in [-0.1, -0.05) is 0 Å². The fourth-order valence-corrected chi connectivity index (χ4v) is 4.19. The molecule has 0 spiro atoms. The summed E-state index contributed by atoms with van der Waals surface area (Å²) in [5.41, 5.74) is 2.48. The van der Waals surface area contributed by atoms with E-state index in [0.717, 1.165) is 69.0 Å². The highest BCUT2D eigenvalue weighted by Gasteiger charge is 2.22. The first-order chi connectivity index (χ1) is 15.2. The van der Waals surface area contributed by atoms with Gasteiger partial charge in [-0.05, 0) is 57.0 Å². The number of pyridine rings is 1. The number of piperidine rings is 1. The molecule has 1 fully saturated rings. The van der Waals surface area contributed by atoms with Crippen molar-refractivity contribution in [2.75, 3.05) is 39.4 Å². The fraction of sp³-hybridized carbons (Fsp3) is 0.522. The summed E-state index contributed by atoms with van der Waals surface area (Å²) in [6.07, 6.45) is 8.05. The number of carbonyl (C=O) groups excluding carboxylic acids is 1. The number of nitrogens with zero attached hydrogens (tertiary/aromatic N) is 4. The number of carbonyl (C=O) groups is 1. The van der Waals surface area contributed by atoms with Gasteiger partial charge in [-0.3, -0.25) is 4.79 Å². The Kier molecular flexibility index (Phi) is 7.32. The van der Waals surface area contributed by atoms with E-state index in [2.05, 4.69) is 19.8 Å². The number of imidazole rings is 1. The topological polar surface area (TPSA) is 85.4 Å². The number of ether oxygens (including phenoxy) is 1. The molecule has 1 saturated heterocycles. The van der Waals surface area contributed by atoms with E-state index in [0.29, 0.717) is 24.6 Å². The molecule has 1 aliphatic rings. The Morgan fingerprint density at radius 1 is 1.29 bits per heavy atom. The number of likely N-dealkylation sites (tertiary alicyclic amines) is 1. The number of rotatable bonds is 10. The summed E-state index contributed by atoms with van der Waals surface area (Å²) >= 11 is 0. The Morgan fingerprint density at radius 3 is 2.94 bits per heavy atom. The monoisotopic (exact) mass is 425 g/mol. The van der Waals surface area contributed by atoms with Crippen LogP contribution in [-0.4, -0.2) is 64.7 Å². The van der Waals surface area contributed by atoms with Gasteiger partial charge in [0.1, 0.15) is 17.6 Å². The molecule has 4 rings (SSSR count). The molecule has 0 unspecified atom stereocenters. The van der Waals surface area contributed by atoms with Crippen molar-refractivity contribution in [2.45, 2.75) is 32.7 Å². The van der Waals surface area contributed by atoms with E-state index in [9.17, 15) is 4.79 Å². The van der Waals surface area contributed by atoms with Crippen molar-refractivity contribution in [1.29, 1.82) is 0 Å². The van der Waals surface area contributed by atoms with E-state index in [1.807, 2.05) is 25.3 Å². The maximum atomic E-state index is 12.0. The lowest BCUT2D eigenvalue weighted by Gasteiger charge is -2.31. The summed E-state index contributed by atoms with van der Waals surface area (Å²) in [4.78, 5) is 23.8. The molecule has 1 aliphatic heterocycles. The Hall–Kier alpha value is -2.71. The van der Waals surface area contributed by atoms with Crippen LogP contribution < -0.4 is 5.32 Å². The number of hydrogen-bond acceptors (Lipinski definition) is 6. The molecular weight excluding hydrogens is 394 g/mol. The molecular formula is C23H31N5O3. The number of fused-ring (bicyclic) bond motifs is 1. The molecule has 3 aromatic rings. The highest BCUT2D eigenvalue weighted by Crippen LogP contribution is 2.23. The third-order valence-electron chi connectivity index (χ3n) is 5.92. The molecule has 4 heterocycles. The summed E-state index contributed by atoms with van der Waals surface area (Å²) in [5.74, 6) is 1.64. The number of furan rings is 1. The fourth-order valence-electron chi connectivity index (χ4n) is 4.19. The minimum Gasteiger partial charge on any atom is -0.472 e. The van der Waals surface area contributed by atoms with Crippen LogP contribution in [0.3, 0.4) is 0 Å². The Morgan fingerprint density at radius 2 is 2.16 bits per heavy atom. The third-order valence-corrected chi connectivity index (χ3v) is 5.92. The van der Waals surface area contributed by atoms with Gasteiger partial charge in [-0.2, -0.15) is 0 Å².